The Morgan fingerprint density at radius 1 is 1.35 bits per heavy atom. The summed E-state index contributed by atoms with van der Waals surface area (Å²) in [7, 11) is 0. The minimum Gasteiger partial charge on any atom is -0.396 e. The van der Waals surface area contributed by atoms with Crippen LogP contribution in [-0.4, -0.2) is 18.3 Å². The van der Waals surface area contributed by atoms with E-state index in [4.69, 9.17) is 11.6 Å². The Hall–Kier alpha value is -0.570. The van der Waals surface area contributed by atoms with E-state index in [2.05, 4.69) is 26.1 Å². The first-order chi connectivity index (χ1) is 8.00. The molecule has 0 fully saturated rings. The highest BCUT2D eigenvalue weighted by atomic mass is 35.5. The molecule has 0 aliphatic rings. The number of hydrogen-bond donors (Lipinski definition) is 2. The van der Waals surface area contributed by atoms with Crippen LogP contribution in [0.15, 0.2) is 24.3 Å². The zero-order valence-electron chi connectivity index (χ0n) is 10.8. The summed E-state index contributed by atoms with van der Waals surface area (Å²) in [6.07, 6.45) is 0.962. The van der Waals surface area contributed by atoms with E-state index in [1.54, 1.807) is 0 Å². The summed E-state index contributed by atoms with van der Waals surface area (Å²) in [5.74, 6) is 0. The SMILES string of the molecule is CCC(C)(CO)CN[C@H](C)c1ccc(Cl)cc1. The van der Waals surface area contributed by atoms with Crippen LogP contribution in [-0.2, 0) is 0 Å². The number of nitrogens with one attached hydrogen (secondary N) is 1. The van der Waals surface area contributed by atoms with Crippen LogP contribution in [0.5, 0.6) is 0 Å². The fraction of sp³-hybridized carbons (Fsp3) is 0.571. The quantitative estimate of drug-likeness (QED) is 0.817. The lowest BCUT2D eigenvalue weighted by molar-refractivity contribution is 0.132. The van der Waals surface area contributed by atoms with Crippen LogP contribution in [0.3, 0.4) is 0 Å². The molecule has 0 heterocycles. The summed E-state index contributed by atoms with van der Waals surface area (Å²) in [6, 6.07) is 8.13. The smallest absolute Gasteiger partial charge is 0.0496 e. The molecule has 0 radical (unpaired) electrons. The lowest BCUT2D eigenvalue weighted by Gasteiger charge is -2.28. The van der Waals surface area contributed by atoms with E-state index in [-0.39, 0.29) is 18.1 Å². The molecule has 1 unspecified atom stereocenters. The van der Waals surface area contributed by atoms with Crippen LogP contribution in [0.25, 0.3) is 0 Å². The number of aliphatic hydroxyl groups is 1. The molecular weight excluding hydrogens is 234 g/mol. The molecule has 2 atom stereocenters. The van der Waals surface area contributed by atoms with Crippen molar-refractivity contribution in [2.24, 2.45) is 5.41 Å². The minimum absolute atomic E-state index is 0.0410. The minimum atomic E-state index is -0.0410. The maximum atomic E-state index is 9.35. The number of rotatable bonds is 6. The van der Waals surface area contributed by atoms with E-state index in [1.807, 2.05) is 24.3 Å². The van der Waals surface area contributed by atoms with Gasteiger partial charge >= 0.3 is 0 Å². The second-order valence-corrected chi connectivity index (χ2v) is 5.41. The standard InChI is InChI=1S/C14H22ClNO/c1-4-14(3,10-17)9-16-11(2)12-5-7-13(15)8-6-12/h5-8,11,16-17H,4,9-10H2,1-3H3/t11-,14?/m1/s1. The molecule has 0 amide bonds. The molecule has 0 saturated heterocycles. The first-order valence-electron chi connectivity index (χ1n) is 6.10. The summed E-state index contributed by atoms with van der Waals surface area (Å²) in [5, 5.41) is 13.6. The van der Waals surface area contributed by atoms with Crippen LogP contribution in [0.2, 0.25) is 5.02 Å². The van der Waals surface area contributed by atoms with Crippen molar-refractivity contribution in [1.29, 1.82) is 0 Å². The molecule has 1 aromatic rings. The van der Waals surface area contributed by atoms with Gasteiger partial charge in [0.05, 0.1) is 0 Å². The van der Waals surface area contributed by atoms with Gasteiger partial charge < -0.3 is 10.4 Å². The average molecular weight is 256 g/mol. The Kier molecular flexibility index (Phi) is 5.44. The number of halogens is 1. The van der Waals surface area contributed by atoms with Gasteiger partial charge in [0.1, 0.15) is 0 Å². The van der Waals surface area contributed by atoms with Crippen molar-refractivity contribution in [3.8, 4) is 0 Å². The van der Waals surface area contributed by atoms with Gasteiger partial charge in [-0.2, -0.15) is 0 Å². The number of hydrogen-bond acceptors (Lipinski definition) is 2. The largest absolute Gasteiger partial charge is 0.396 e. The molecule has 0 aliphatic heterocycles. The van der Waals surface area contributed by atoms with Crippen LogP contribution >= 0.6 is 11.6 Å². The normalized spacial score (nSPS) is 16.5. The summed E-state index contributed by atoms with van der Waals surface area (Å²) < 4.78 is 0. The Balaban J connectivity index is 2.55. The van der Waals surface area contributed by atoms with E-state index in [0.29, 0.717) is 0 Å². The zero-order valence-corrected chi connectivity index (χ0v) is 11.6. The fourth-order valence-electron chi connectivity index (χ4n) is 1.56. The number of aliphatic hydroxyl groups excluding tert-OH is 1. The van der Waals surface area contributed by atoms with Crippen molar-refractivity contribution >= 4 is 11.6 Å². The fourth-order valence-corrected chi connectivity index (χ4v) is 1.69. The number of benzene rings is 1. The summed E-state index contributed by atoms with van der Waals surface area (Å²) in [6.45, 7) is 7.34. The lowest BCUT2D eigenvalue weighted by atomic mass is 9.88. The van der Waals surface area contributed by atoms with Gasteiger partial charge in [0, 0.05) is 29.6 Å². The van der Waals surface area contributed by atoms with Gasteiger partial charge in [0.25, 0.3) is 0 Å². The maximum Gasteiger partial charge on any atom is 0.0496 e. The highest BCUT2D eigenvalue weighted by molar-refractivity contribution is 6.30. The molecule has 96 valence electrons. The van der Waals surface area contributed by atoms with Crippen LogP contribution in [0.4, 0.5) is 0 Å². The van der Waals surface area contributed by atoms with E-state index in [1.165, 1.54) is 5.56 Å². The highest BCUT2D eigenvalue weighted by Crippen LogP contribution is 2.21. The predicted molar refractivity (Wildman–Crippen MR) is 73.4 cm³/mol. The molecule has 2 N–H and O–H groups in total. The highest BCUT2D eigenvalue weighted by Gasteiger charge is 2.21. The van der Waals surface area contributed by atoms with Crippen molar-refractivity contribution in [1.82, 2.24) is 5.32 Å². The van der Waals surface area contributed by atoms with E-state index >= 15 is 0 Å². The molecule has 17 heavy (non-hydrogen) atoms. The Labute approximate surface area is 109 Å². The third-order valence-electron chi connectivity index (χ3n) is 3.44. The van der Waals surface area contributed by atoms with Crippen LogP contribution in [0.1, 0.15) is 38.8 Å². The molecule has 3 heteroatoms. The molecule has 2 nitrogen and oxygen atoms in total. The first-order valence-corrected chi connectivity index (χ1v) is 6.48. The van der Waals surface area contributed by atoms with Gasteiger partial charge in [-0.1, -0.05) is 37.6 Å². The van der Waals surface area contributed by atoms with Crippen molar-refractivity contribution in [3.63, 3.8) is 0 Å². The van der Waals surface area contributed by atoms with Crippen molar-refractivity contribution in [2.75, 3.05) is 13.2 Å². The third-order valence-corrected chi connectivity index (χ3v) is 3.69. The second-order valence-electron chi connectivity index (χ2n) is 4.98. The molecule has 0 bridgehead atoms. The molecule has 1 rings (SSSR count). The Bertz CT molecular complexity index is 333. The third kappa shape index (κ3) is 4.30. The van der Waals surface area contributed by atoms with Crippen molar-refractivity contribution in [2.45, 2.75) is 33.2 Å². The van der Waals surface area contributed by atoms with Gasteiger partial charge in [-0.15, -0.1) is 0 Å². The lowest BCUT2D eigenvalue weighted by Crippen LogP contribution is -2.35. The second kappa shape index (κ2) is 6.39. The van der Waals surface area contributed by atoms with E-state index < -0.39 is 0 Å². The van der Waals surface area contributed by atoms with Gasteiger partial charge in [0.15, 0.2) is 0 Å². The zero-order chi connectivity index (χ0) is 12.9. The molecule has 1 aromatic carbocycles. The van der Waals surface area contributed by atoms with Crippen LogP contribution < -0.4 is 5.32 Å². The van der Waals surface area contributed by atoms with Gasteiger partial charge in [-0.3, -0.25) is 0 Å². The monoisotopic (exact) mass is 255 g/mol. The first kappa shape index (κ1) is 14.5. The maximum absolute atomic E-state index is 9.35. The topological polar surface area (TPSA) is 32.3 Å². The van der Waals surface area contributed by atoms with Gasteiger partial charge in [-0.25, -0.2) is 0 Å². The molecule has 0 aliphatic carbocycles. The van der Waals surface area contributed by atoms with Gasteiger partial charge in [-0.05, 0) is 31.0 Å². The van der Waals surface area contributed by atoms with E-state index in [0.717, 1.165) is 18.0 Å². The summed E-state index contributed by atoms with van der Waals surface area (Å²) >= 11 is 5.86. The van der Waals surface area contributed by atoms with E-state index in [9.17, 15) is 5.11 Å². The molecular formula is C14H22ClNO. The van der Waals surface area contributed by atoms with Crippen molar-refractivity contribution in [3.05, 3.63) is 34.9 Å². The predicted octanol–water partition coefficient (Wildman–Crippen LogP) is 3.40. The molecule has 0 aromatic heterocycles. The molecule has 0 saturated carbocycles. The average Bonchev–Trinajstić information content (AvgIpc) is 2.36. The Morgan fingerprint density at radius 3 is 2.41 bits per heavy atom. The van der Waals surface area contributed by atoms with Gasteiger partial charge in [0.2, 0.25) is 0 Å². The van der Waals surface area contributed by atoms with Crippen molar-refractivity contribution < 1.29 is 5.11 Å². The Morgan fingerprint density at radius 2 is 1.94 bits per heavy atom. The summed E-state index contributed by atoms with van der Waals surface area (Å²) in [5.41, 5.74) is 1.17. The summed E-state index contributed by atoms with van der Waals surface area (Å²) in [4.78, 5) is 0. The van der Waals surface area contributed by atoms with Crippen LogP contribution in [0, 0.1) is 5.41 Å². The molecule has 0 spiro atoms.